The Morgan fingerprint density at radius 2 is 1.79 bits per heavy atom. The topological polar surface area (TPSA) is 52.4 Å². The fourth-order valence-electron chi connectivity index (χ4n) is 4.81. The number of likely N-dealkylation sites (tertiary alicyclic amines) is 1. The molecule has 1 saturated heterocycles. The van der Waals surface area contributed by atoms with E-state index in [9.17, 15) is 0 Å². The standard InChI is InChI=1S/C23H26N4O2/c1-28-20-7-5-16(6-8-20)21-11-25-22-10-18-13-26(14-19(18)15-27(21)22)12-17-4-3-9-24-23(17)29-2/h3-9,11,18-19H,10,12-15H2,1-2H3. The van der Waals surface area contributed by atoms with Gasteiger partial charge < -0.3 is 14.0 Å². The molecule has 5 rings (SSSR count). The van der Waals surface area contributed by atoms with Crippen LogP contribution in [0.4, 0.5) is 0 Å². The molecular weight excluding hydrogens is 364 g/mol. The molecule has 6 heteroatoms. The Balaban J connectivity index is 1.33. The lowest BCUT2D eigenvalue weighted by Crippen LogP contribution is -2.28. The monoisotopic (exact) mass is 390 g/mol. The number of nitrogens with zero attached hydrogens (tertiary/aromatic N) is 4. The predicted octanol–water partition coefficient (Wildman–Crippen LogP) is 3.27. The van der Waals surface area contributed by atoms with E-state index in [1.807, 2.05) is 24.4 Å². The molecule has 0 N–H and O–H groups in total. The predicted molar refractivity (Wildman–Crippen MR) is 111 cm³/mol. The first-order valence-corrected chi connectivity index (χ1v) is 10.1. The van der Waals surface area contributed by atoms with Crippen LogP contribution in [0.5, 0.6) is 11.6 Å². The molecule has 6 nitrogen and oxygen atoms in total. The van der Waals surface area contributed by atoms with Crippen molar-refractivity contribution in [2.75, 3.05) is 27.3 Å². The van der Waals surface area contributed by atoms with E-state index in [0.717, 1.165) is 49.8 Å². The molecule has 1 fully saturated rings. The zero-order valence-electron chi connectivity index (χ0n) is 16.9. The van der Waals surface area contributed by atoms with Crippen LogP contribution in [-0.2, 0) is 19.5 Å². The van der Waals surface area contributed by atoms with Gasteiger partial charge in [-0.2, -0.15) is 0 Å². The molecule has 2 aliphatic rings. The summed E-state index contributed by atoms with van der Waals surface area (Å²) in [6.45, 7) is 4.12. The fourth-order valence-corrected chi connectivity index (χ4v) is 4.81. The summed E-state index contributed by atoms with van der Waals surface area (Å²) in [5, 5.41) is 0. The van der Waals surface area contributed by atoms with Crippen LogP contribution in [0.1, 0.15) is 11.4 Å². The first-order chi connectivity index (χ1) is 14.2. The summed E-state index contributed by atoms with van der Waals surface area (Å²) in [5.41, 5.74) is 3.55. The van der Waals surface area contributed by atoms with Gasteiger partial charge in [-0.25, -0.2) is 9.97 Å². The second-order valence-electron chi connectivity index (χ2n) is 7.99. The third kappa shape index (κ3) is 3.38. The average molecular weight is 390 g/mol. The Hall–Kier alpha value is -2.86. The number of aromatic nitrogens is 3. The molecule has 0 saturated carbocycles. The Morgan fingerprint density at radius 1 is 0.966 bits per heavy atom. The van der Waals surface area contributed by atoms with Crippen molar-refractivity contribution in [2.45, 2.75) is 19.5 Å². The number of imidazole rings is 1. The van der Waals surface area contributed by atoms with Crippen LogP contribution in [-0.4, -0.2) is 46.7 Å². The van der Waals surface area contributed by atoms with Gasteiger partial charge in [0.15, 0.2) is 0 Å². The Kier molecular flexibility index (Phi) is 4.72. The van der Waals surface area contributed by atoms with Gasteiger partial charge in [0.1, 0.15) is 11.6 Å². The highest BCUT2D eigenvalue weighted by Gasteiger charge is 2.38. The lowest BCUT2D eigenvalue weighted by Gasteiger charge is -2.27. The van der Waals surface area contributed by atoms with E-state index in [1.54, 1.807) is 20.4 Å². The summed E-state index contributed by atoms with van der Waals surface area (Å²) in [7, 11) is 3.39. The number of rotatable bonds is 5. The van der Waals surface area contributed by atoms with Crippen LogP contribution in [0.3, 0.4) is 0 Å². The molecule has 150 valence electrons. The second kappa shape index (κ2) is 7.52. The van der Waals surface area contributed by atoms with Gasteiger partial charge in [-0.05, 0) is 42.2 Å². The van der Waals surface area contributed by atoms with Gasteiger partial charge in [-0.3, -0.25) is 4.90 Å². The number of hydrogen-bond donors (Lipinski definition) is 0. The van der Waals surface area contributed by atoms with E-state index < -0.39 is 0 Å². The van der Waals surface area contributed by atoms with Crippen molar-refractivity contribution in [2.24, 2.45) is 11.8 Å². The van der Waals surface area contributed by atoms with Crippen molar-refractivity contribution < 1.29 is 9.47 Å². The third-order valence-electron chi connectivity index (χ3n) is 6.28. The number of pyridine rings is 1. The van der Waals surface area contributed by atoms with Crippen molar-refractivity contribution in [3.8, 4) is 22.9 Å². The average Bonchev–Trinajstić information content (AvgIpc) is 3.35. The quantitative estimate of drug-likeness (QED) is 0.669. The molecular formula is C23H26N4O2. The van der Waals surface area contributed by atoms with Gasteiger partial charge in [0.2, 0.25) is 5.88 Å². The summed E-state index contributed by atoms with van der Waals surface area (Å²) in [6, 6.07) is 12.4. The lowest BCUT2D eigenvalue weighted by molar-refractivity contribution is 0.299. The SMILES string of the molecule is COc1ccc(-c2cnc3n2CC2CN(Cc4cccnc4OC)CC2C3)cc1. The Labute approximate surface area is 171 Å². The fraction of sp³-hybridized carbons (Fsp3) is 0.391. The van der Waals surface area contributed by atoms with E-state index in [2.05, 4.69) is 32.7 Å². The van der Waals surface area contributed by atoms with E-state index >= 15 is 0 Å². The summed E-state index contributed by atoms with van der Waals surface area (Å²) in [4.78, 5) is 11.6. The van der Waals surface area contributed by atoms with E-state index in [4.69, 9.17) is 14.5 Å². The first kappa shape index (κ1) is 18.2. The highest BCUT2D eigenvalue weighted by molar-refractivity contribution is 5.60. The maximum absolute atomic E-state index is 5.43. The number of fused-ring (bicyclic) bond motifs is 2. The first-order valence-electron chi connectivity index (χ1n) is 10.1. The molecule has 4 heterocycles. The molecule has 0 bridgehead atoms. The highest BCUT2D eigenvalue weighted by Crippen LogP contribution is 2.36. The van der Waals surface area contributed by atoms with Crippen molar-refractivity contribution >= 4 is 0 Å². The van der Waals surface area contributed by atoms with Crippen LogP contribution < -0.4 is 9.47 Å². The van der Waals surface area contributed by atoms with Gasteiger partial charge >= 0.3 is 0 Å². The minimum Gasteiger partial charge on any atom is -0.497 e. The van der Waals surface area contributed by atoms with Crippen LogP contribution in [0.25, 0.3) is 11.3 Å². The Bertz CT molecular complexity index is 998. The molecule has 0 aliphatic carbocycles. The van der Waals surface area contributed by atoms with Crippen LogP contribution in [0.2, 0.25) is 0 Å². The summed E-state index contributed by atoms with van der Waals surface area (Å²) in [5.74, 6) is 4.13. The van der Waals surface area contributed by atoms with Crippen LogP contribution >= 0.6 is 0 Å². The van der Waals surface area contributed by atoms with Crippen LogP contribution in [0.15, 0.2) is 48.8 Å². The van der Waals surface area contributed by atoms with Crippen molar-refractivity contribution in [3.05, 3.63) is 60.2 Å². The minimum absolute atomic E-state index is 0.649. The second-order valence-corrected chi connectivity index (χ2v) is 7.99. The van der Waals surface area contributed by atoms with Crippen molar-refractivity contribution in [1.29, 1.82) is 0 Å². The zero-order valence-corrected chi connectivity index (χ0v) is 16.9. The van der Waals surface area contributed by atoms with Gasteiger partial charge in [-0.15, -0.1) is 0 Å². The smallest absolute Gasteiger partial charge is 0.217 e. The van der Waals surface area contributed by atoms with Gasteiger partial charge in [0.25, 0.3) is 0 Å². The number of ether oxygens (including phenoxy) is 2. The van der Waals surface area contributed by atoms with Gasteiger partial charge in [0.05, 0.1) is 26.1 Å². The number of hydrogen-bond acceptors (Lipinski definition) is 5. The summed E-state index contributed by atoms with van der Waals surface area (Å²) in [6.07, 6.45) is 4.85. The molecule has 1 aromatic carbocycles. The van der Waals surface area contributed by atoms with E-state index in [-0.39, 0.29) is 0 Å². The minimum atomic E-state index is 0.649. The molecule has 0 spiro atoms. The third-order valence-corrected chi connectivity index (χ3v) is 6.28. The molecule has 2 unspecified atom stereocenters. The van der Waals surface area contributed by atoms with Gasteiger partial charge in [-0.1, -0.05) is 6.07 Å². The maximum atomic E-state index is 5.43. The molecule has 0 radical (unpaired) electrons. The van der Waals surface area contributed by atoms with Crippen molar-refractivity contribution in [1.82, 2.24) is 19.4 Å². The maximum Gasteiger partial charge on any atom is 0.217 e. The largest absolute Gasteiger partial charge is 0.497 e. The molecule has 2 atom stereocenters. The van der Waals surface area contributed by atoms with Crippen molar-refractivity contribution in [3.63, 3.8) is 0 Å². The van der Waals surface area contributed by atoms with E-state index in [0.29, 0.717) is 11.8 Å². The summed E-state index contributed by atoms with van der Waals surface area (Å²) < 4.78 is 13.1. The molecule has 29 heavy (non-hydrogen) atoms. The van der Waals surface area contributed by atoms with Gasteiger partial charge in [0, 0.05) is 49.9 Å². The molecule has 3 aromatic rings. The Morgan fingerprint density at radius 3 is 2.59 bits per heavy atom. The number of methoxy groups -OCH3 is 2. The van der Waals surface area contributed by atoms with E-state index in [1.165, 1.54) is 17.1 Å². The highest BCUT2D eigenvalue weighted by atomic mass is 16.5. The molecule has 0 amide bonds. The normalized spacial score (nSPS) is 20.9. The molecule has 2 aliphatic heterocycles. The molecule has 2 aromatic heterocycles. The van der Waals surface area contributed by atoms with Crippen LogP contribution in [0, 0.1) is 11.8 Å². The number of benzene rings is 1. The lowest BCUT2D eigenvalue weighted by atomic mass is 9.89. The summed E-state index contributed by atoms with van der Waals surface area (Å²) >= 11 is 0. The zero-order chi connectivity index (χ0) is 19.8.